The fourth-order valence-corrected chi connectivity index (χ4v) is 2.01. The van der Waals surface area contributed by atoms with Crippen molar-refractivity contribution in [2.24, 2.45) is 0 Å². The Morgan fingerprint density at radius 2 is 2.06 bits per heavy atom. The maximum absolute atomic E-state index is 11.7. The summed E-state index contributed by atoms with van der Waals surface area (Å²) in [5.41, 5.74) is 0.875. The standard InChI is InChI=1S/C12H14ClNO2/c1-9-8-10(13)4-5-11(9)16-12(15)14-6-2-3-7-14/h4-5,8H,2-3,6-7H2,1H3. The smallest absolute Gasteiger partial charge is 0.410 e. The Morgan fingerprint density at radius 3 is 2.69 bits per heavy atom. The van der Waals surface area contributed by atoms with Crippen LogP contribution < -0.4 is 4.74 Å². The molecule has 2 rings (SSSR count). The predicted molar refractivity (Wildman–Crippen MR) is 63.0 cm³/mol. The van der Waals surface area contributed by atoms with Gasteiger partial charge in [0.2, 0.25) is 0 Å². The lowest BCUT2D eigenvalue weighted by molar-refractivity contribution is 0.162. The number of nitrogens with zero attached hydrogens (tertiary/aromatic N) is 1. The number of carbonyl (C=O) groups is 1. The number of likely N-dealkylation sites (tertiary alicyclic amines) is 1. The van der Waals surface area contributed by atoms with Gasteiger partial charge in [-0.15, -0.1) is 0 Å². The number of benzene rings is 1. The number of ether oxygens (including phenoxy) is 1. The van der Waals surface area contributed by atoms with E-state index in [-0.39, 0.29) is 6.09 Å². The summed E-state index contributed by atoms with van der Waals surface area (Å²) in [6.07, 6.45) is 1.87. The van der Waals surface area contributed by atoms with Crippen LogP contribution in [-0.4, -0.2) is 24.1 Å². The molecule has 1 fully saturated rings. The van der Waals surface area contributed by atoms with E-state index in [0.717, 1.165) is 31.5 Å². The van der Waals surface area contributed by atoms with Crippen LogP contribution in [0.4, 0.5) is 4.79 Å². The van der Waals surface area contributed by atoms with Gasteiger partial charge in [0.25, 0.3) is 0 Å². The van der Waals surface area contributed by atoms with Gasteiger partial charge >= 0.3 is 6.09 Å². The first-order chi connectivity index (χ1) is 7.66. The maximum Gasteiger partial charge on any atom is 0.415 e. The highest BCUT2D eigenvalue weighted by molar-refractivity contribution is 6.30. The second kappa shape index (κ2) is 4.74. The summed E-state index contributed by atoms with van der Waals surface area (Å²) in [5, 5.41) is 0.651. The van der Waals surface area contributed by atoms with Crippen molar-refractivity contribution in [1.82, 2.24) is 4.90 Å². The van der Waals surface area contributed by atoms with E-state index >= 15 is 0 Å². The monoisotopic (exact) mass is 239 g/mol. The molecule has 0 radical (unpaired) electrons. The van der Waals surface area contributed by atoms with Gasteiger partial charge in [-0.25, -0.2) is 4.79 Å². The largest absolute Gasteiger partial charge is 0.415 e. The summed E-state index contributed by atoms with van der Waals surface area (Å²) in [4.78, 5) is 13.5. The van der Waals surface area contributed by atoms with Gasteiger partial charge in [0, 0.05) is 18.1 Å². The molecule has 0 aliphatic carbocycles. The molecule has 0 aromatic heterocycles. The molecule has 1 aliphatic heterocycles. The Balaban J connectivity index is 2.05. The summed E-state index contributed by atoms with van der Waals surface area (Å²) in [6, 6.07) is 5.24. The van der Waals surface area contributed by atoms with Gasteiger partial charge in [-0.2, -0.15) is 0 Å². The summed E-state index contributed by atoms with van der Waals surface area (Å²) < 4.78 is 5.31. The van der Waals surface area contributed by atoms with Gasteiger partial charge in [-0.05, 0) is 43.5 Å². The molecule has 1 aromatic carbocycles. The molecule has 1 saturated heterocycles. The fraction of sp³-hybridized carbons (Fsp3) is 0.417. The third-order valence-electron chi connectivity index (χ3n) is 2.70. The van der Waals surface area contributed by atoms with Crippen LogP contribution in [0.15, 0.2) is 18.2 Å². The number of halogens is 1. The lowest BCUT2D eigenvalue weighted by Gasteiger charge is -2.15. The van der Waals surface area contributed by atoms with Gasteiger partial charge in [0.15, 0.2) is 0 Å². The van der Waals surface area contributed by atoms with Gasteiger partial charge in [-0.1, -0.05) is 11.6 Å². The van der Waals surface area contributed by atoms with E-state index in [1.807, 2.05) is 6.92 Å². The average Bonchev–Trinajstić information content (AvgIpc) is 2.75. The Kier molecular flexibility index (Phi) is 3.34. The zero-order valence-corrected chi connectivity index (χ0v) is 9.96. The highest BCUT2D eigenvalue weighted by atomic mass is 35.5. The zero-order chi connectivity index (χ0) is 11.5. The van der Waals surface area contributed by atoms with Crippen molar-refractivity contribution in [2.45, 2.75) is 19.8 Å². The predicted octanol–water partition coefficient (Wildman–Crippen LogP) is 3.24. The summed E-state index contributed by atoms with van der Waals surface area (Å²) in [5.74, 6) is 0.585. The molecule has 0 atom stereocenters. The van der Waals surface area contributed by atoms with E-state index in [1.165, 1.54) is 0 Å². The number of hydrogen-bond donors (Lipinski definition) is 0. The van der Waals surface area contributed by atoms with Gasteiger partial charge in [-0.3, -0.25) is 0 Å². The summed E-state index contributed by atoms with van der Waals surface area (Å²) in [6.45, 7) is 3.47. The molecular weight excluding hydrogens is 226 g/mol. The minimum absolute atomic E-state index is 0.261. The molecule has 16 heavy (non-hydrogen) atoms. The first kappa shape index (κ1) is 11.3. The van der Waals surface area contributed by atoms with Crippen molar-refractivity contribution < 1.29 is 9.53 Å². The molecule has 4 heteroatoms. The molecule has 0 bridgehead atoms. The SMILES string of the molecule is Cc1cc(Cl)ccc1OC(=O)N1CCCC1. The van der Waals surface area contributed by atoms with Crippen molar-refractivity contribution in [3.8, 4) is 5.75 Å². The number of rotatable bonds is 1. The molecule has 3 nitrogen and oxygen atoms in total. The molecule has 0 N–H and O–H groups in total. The number of aryl methyl sites for hydroxylation is 1. The van der Waals surface area contributed by atoms with E-state index < -0.39 is 0 Å². The van der Waals surface area contributed by atoms with Crippen molar-refractivity contribution in [1.29, 1.82) is 0 Å². The molecular formula is C12H14ClNO2. The first-order valence-electron chi connectivity index (χ1n) is 5.40. The molecule has 86 valence electrons. The second-order valence-electron chi connectivity index (χ2n) is 3.97. The van der Waals surface area contributed by atoms with Crippen LogP contribution >= 0.6 is 11.6 Å². The molecule has 1 heterocycles. The zero-order valence-electron chi connectivity index (χ0n) is 9.20. The summed E-state index contributed by atoms with van der Waals surface area (Å²) >= 11 is 5.83. The Labute approximate surface area is 100.0 Å². The van der Waals surface area contributed by atoms with E-state index in [4.69, 9.17) is 16.3 Å². The molecule has 0 spiro atoms. The van der Waals surface area contributed by atoms with Crippen LogP contribution in [0.2, 0.25) is 5.02 Å². The second-order valence-corrected chi connectivity index (χ2v) is 4.41. The Bertz CT molecular complexity index is 400. The molecule has 0 unspecified atom stereocenters. The van der Waals surface area contributed by atoms with Crippen molar-refractivity contribution in [3.05, 3.63) is 28.8 Å². The van der Waals surface area contributed by atoms with Crippen molar-refractivity contribution in [2.75, 3.05) is 13.1 Å². The van der Waals surface area contributed by atoms with E-state index in [1.54, 1.807) is 23.1 Å². The fourth-order valence-electron chi connectivity index (χ4n) is 1.79. The minimum atomic E-state index is -0.261. The number of carbonyl (C=O) groups excluding carboxylic acids is 1. The van der Waals surface area contributed by atoms with E-state index in [9.17, 15) is 4.79 Å². The van der Waals surface area contributed by atoms with Crippen LogP contribution in [-0.2, 0) is 0 Å². The van der Waals surface area contributed by atoms with Crippen LogP contribution in [0.25, 0.3) is 0 Å². The van der Waals surface area contributed by atoms with Gasteiger partial charge in [0.05, 0.1) is 0 Å². The highest BCUT2D eigenvalue weighted by Gasteiger charge is 2.20. The summed E-state index contributed by atoms with van der Waals surface area (Å²) in [7, 11) is 0. The van der Waals surface area contributed by atoms with Crippen LogP contribution in [0.5, 0.6) is 5.75 Å². The van der Waals surface area contributed by atoms with Crippen molar-refractivity contribution in [3.63, 3.8) is 0 Å². The quantitative estimate of drug-likeness (QED) is 0.753. The molecule has 0 saturated carbocycles. The maximum atomic E-state index is 11.7. The van der Waals surface area contributed by atoms with Crippen LogP contribution in [0.3, 0.4) is 0 Å². The highest BCUT2D eigenvalue weighted by Crippen LogP contribution is 2.23. The van der Waals surface area contributed by atoms with Crippen LogP contribution in [0, 0.1) is 6.92 Å². The Hall–Kier alpha value is -1.22. The molecule has 1 aliphatic rings. The van der Waals surface area contributed by atoms with Crippen molar-refractivity contribution >= 4 is 17.7 Å². The lowest BCUT2D eigenvalue weighted by Crippen LogP contribution is -2.30. The molecule has 1 aromatic rings. The number of amides is 1. The van der Waals surface area contributed by atoms with Gasteiger partial charge in [0.1, 0.15) is 5.75 Å². The lowest BCUT2D eigenvalue weighted by atomic mass is 10.2. The third kappa shape index (κ3) is 2.47. The topological polar surface area (TPSA) is 29.5 Å². The first-order valence-corrected chi connectivity index (χ1v) is 5.77. The van der Waals surface area contributed by atoms with E-state index in [0.29, 0.717) is 10.8 Å². The number of hydrogen-bond acceptors (Lipinski definition) is 2. The third-order valence-corrected chi connectivity index (χ3v) is 2.93. The normalized spacial score (nSPS) is 15.2. The molecule has 1 amide bonds. The van der Waals surface area contributed by atoms with Crippen LogP contribution in [0.1, 0.15) is 18.4 Å². The average molecular weight is 240 g/mol. The van der Waals surface area contributed by atoms with E-state index in [2.05, 4.69) is 0 Å². The Morgan fingerprint density at radius 1 is 1.38 bits per heavy atom. The minimum Gasteiger partial charge on any atom is -0.410 e. The van der Waals surface area contributed by atoms with Gasteiger partial charge < -0.3 is 9.64 Å².